The SMILES string of the molecule is C=CC(=O)N1CCN(C(=O)C2(c3cccc(Cl)c3)CC2)C[C@H]1C. The minimum Gasteiger partial charge on any atom is -0.338 e. The van der Waals surface area contributed by atoms with Gasteiger partial charge in [-0.2, -0.15) is 0 Å². The average molecular weight is 333 g/mol. The molecular weight excluding hydrogens is 312 g/mol. The number of nitrogens with zero attached hydrogens (tertiary/aromatic N) is 2. The molecule has 5 heteroatoms. The van der Waals surface area contributed by atoms with Gasteiger partial charge in [0.2, 0.25) is 11.8 Å². The van der Waals surface area contributed by atoms with Gasteiger partial charge in [-0.15, -0.1) is 0 Å². The lowest BCUT2D eigenvalue weighted by molar-refractivity contribution is -0.141. The smallest absolute Gasteiger partial charge is 0.246 e. The Bertz CT molecular complexity index is 654. The van der Waals surface area contributed by atoms with E-state index in [1.54, 1.807) is 4.90 Å². The van der Waals surface area contributed by atoms with E-state index in [-0.39, 0.29) is 17.9 Å². The Kier molecular flexibility index (Phi) is 4.19. The van der Waals surface area contributed by atoms with Gasteiger partial charge in [-0.3, -0.25) is 9.59 Å². The first-order valence-electron chi connectivity index (χ1n) is 7.96. The Morgan fingerprint density at radius 1 is 1.35 bits per heavy atom. The minimum absolute atomic E-state index is 0.00774. The summed E-state index contributed by atoms with van der Waals surface area (Å²) in [5, 5.41) is 0.663. The van der Waals surface area contributed by atoms with E-state index in [4.69, 9.17) is 11.6 Å². The van der Waals surface area contributed by atoms with Crippen molar-refractivity contribution in [3.63, 3.8) is 0 Å². The van der Waals surface area contributed by atoms with Crippen LogP contribution in [0.2, 0.25) is 5.02 Å². The zero-order chi connectivity index (χ0) is 16.6. The summed E-state index contributed by atoms with van der Waals surface area (Å²) in [4.78, 5) is 28.5. The second-order valence-corrected chi connectivity index (χ2v) is 6.86. The molecule has 4 nitrogen and oxygen atoms in total. The first-order valence-corrected chi connectivity index (χ1v) is 8.34. The highest BCUT2D eigenvalue weighted by Crippen LogP contribution is 2.50. The molecule has 0 unspecified atom stereocenters. The van der Waals surface area contributed by atoms with Gasteiger partial charge in [-0.1, -0.05) is 30.3 Å². The van der Waals surface area contributed by atoms with Crippen molar-refractivity contribution in [1.29, 1.82) is 0 Å². The van der Waals surface area contributed by atoms with Crippen molar-refractivity contribution in [3.8, 4) is 0 Å². The molecule has 0 aromatic heterocycles. The van der Waals surface area contributed by atoms with Crippen molar-refractivity contribution < 1.29 is 9.59 Å². The summed E-state index contributed by atoms with van der Waals surface area (Å²) in [6.45, 7) is 7.21. The Morgan fingerprint density at radius 3 is 2.65 bits per heavy atom. The predicted octanol–water partition coefficient (Wildman–Crippen LogP) is 2.62. The third-order valence-corrected chi connectivity index (χ3v) is 5.14. The third kappa shape index (κ3) is 2.88. The van der Waals surface area contributed by atoms with Gasteiger partial charge in [0.05, 0.1) is 5.41 Å². The number of amides is 2. The van der Waals surface area contributed by atoms with Crippen LogP contribution in [0, 0.1) is 0 Å². The number of hydrogen-bond acceptors (Lipinski definition) is 2. The highest BCUT2D eigenvalue weighted by Gasteiger charge is 2.53. The van der Waals surface area contributed by atoms with Crippen molar-refractivity contribution in [3.05, 3.63) is 47.5 Å². The van der Waals surface area contributed by atoms with Crippen molar-refractivity contribution in [2.75, 3.05) is 19.6 Å². The summed E-state index contributed by atoms with van der Waals surface area (Å²) in [7, 11) is 0. The lowest BCUT2D eigenvalue weighted by Crippen LogP contribution is -2.56. The fourth-order valence-electron chi connectivity index (χ4n) is 3.43. The minimum atomic E-state index is -0.408. The molecule has 122 valence electrons. The third-order valence-electron chi connectivity index (χ3n) is 4.91. The molecule has 0 spiro atoms. The monoisotopic (exact) mass is 332 g/mol. The van der Waals surface area contributed by atoms with Crippen molar-refractivity contribution in [1.82, 2.24) is 9.80 Å². The van der Waals surface area contributed by atoms with Crippen LogP contribution in [0.4, 0.5) is 0 Å². The summed E-state index contributed by atoms with van der Waals surface area (Å²) in [6.07, 6.45) is 3.07. The van der Waals surface area contributed by atoms with Crippen LogP contribution in [0.5, 0.6) is 0 Å². The predicted molar refractivity (Wildman–Crippen MR) is 90.3 cm³/mol. The van der Waals surface area contributed by atoms with E-state index in [1.165, 1.54) is 6.08 Å². The van der Waals surface area contributed by atoms with E-state index in [0.717, 1.165) is 18.4 Å². The van der Waals surface area contributed by atoms with Gasteiger partial charge < -0.3 is 9.80 Å². The molecule has 2 fully saturated rings. The lowest BCUT2D eigenvalue weighted by Gasteiger charge is -2.40. The molecule has 1 aromatic carbocycles. The van der Waals surface area contributed by atoms with Crippen LogP contribution in [-0.4, -0.2) is 47.3 Å². The van der Waals surface area contributed by atoms with Gasteiger partial charge in [0.15, 0.2) is 0 Å². The first kappa shape index (κ1) is 16.1. The summed E-state index contributed by atoms with van der Waals surface area (Å²) in [5.41, 5.74) is 0.599. The Morgan fingerprint density at radius 2 is 2.09 bits per heavy atom. The van der Waals surface area contributed by atoms with Crippen LogP contribution in [0.25, 0.3) is 0 Å². The maximum absolute atomic E-state index is 13.0. The van der Waals surface area contributed by atoms with Crippen LogP contribution >= 0.6 is 11.6 Å². The van der Waals surface area contributed by atoms with Gasteiger partial charge in [-0.25, -0.2) is 0 Å². The highest BCUT2D eigenvalue weighted by molar-refractivity contribution is 6.30. The molecule has 1 aliphatic carbocycles. The molecule has 23 heavy (non-hydrogen) atoms. The first-order chi connectivity index (χ1) is 11.0. The Hall–Kier alpha value is -1.81. The Labute approximate surface area is 141 Å². The maximum atomic E-state index is 13.0. The number of hydrogen-bond donors (Lipinski definition) is 0. The molecule has 0 radical (unpaired) electrons. The van der Waals surface area contributed by atoms with E-state index >= 15 is 0 Å². The molecule has 1 aliphatic heterocycles. The molecule has 2 amide bonds. The molecule has 1 heterocycles. The lowest BCUT2D eigenvalue weighted by atomic mass is 9.93. The zero-order valence-electron chi connectivity index (χ0n) is 13.3. The van der Waals surface area contributed by atoms with Crippen LogP contribution < -0.4 is 0 Å². The number of carbonyl (C=O) groups excluding carboxylic acids is 2. The standard InChI is InChI=1S/C18H21ClN2O2/c1-3-16(22)21-10-9-20(12-13(21)2)17(23)18(7-8-18)14-5-4-6-15(19)11-14/h3-6,11,13H,1,7-10,12H2,2H3/t13-/m1/s1. The molecule has 0 N–H and O–H groups in total. The molecule has 2 aliphatic rings. The van der Waals surface area contributed by atoms with Crippen LogP contribution in [0.3, 0.4) is 0 Å². The van der Waals surface area contributed by atoms with E-state index in [1.807, 2.05) is 36.1 Å². The molecule has 1 saturated heterocycles. The normalized spacial score (nSPS) is 22.6. The van der Waals surface area contributed by atoms with Crippen LogP contribution in [-0.2, 0) is 15.0 Å². The van der Waals surface area contributed by atoms with Crippen LogP contribution in [0.15, 0.2) is 36.9 Å². The van der Waals surface area contributed by atoms with Gasteiger partial charge in [0.25, 0.3) is 0 Å². The van der Waals surface area contributed by atoms with Crippen LogP contribution in [0.1, 0.15) is 25.3 Å². The molecule has 1 atom stereocenters. The highest BCUT2D eigenvalue weighted by atomic mass is 35.5. The fraction of sp³-hybridized carbons (Fsp3) is 0.444. The second kappa shape index (κ2) is 6.00. The number of benzene rings is 1. The van der Waals surface area contributed by atoms with Crippen molar-refractivity contribution >= 4 is 23.4 Å². The topological polar surface area (TPSA) is 40.6 Å². The van der Waals surface area contributed by atoms with E-state index in [0.29, 0.717) is 24.7 Å². The van der Waals surface area contributed by atoms with Gasteiger partial charge in [0.1, 0.15) is 0 Å². The van der Waals surface area contributed by atoms with Crippen molar-refractivity contribution in [2.24, 2.45) is 0 Å². The molecule has 1 aromatic rings. The fourth-order valence-corrected chi connectivity index (χ4v) is 3.62. The van der Waals surface area contributed by atoms with E-state index < -0.39 is 5.41 Å². The Balaban J connectivity index is 1.75. The summed E-state index contributed by atoms with van der Waals surface area (Å²) >= 11 is 6.08. The quantitative estimate of drug-likeness (QED) is 0.798. The van der Waals surface area contributed by atoms with Gasteiger partial charge >= 0.3 is 0 Å². The van der Waals surface area contributed by atoms with Gasteiger partial charge in [0, 0.05) is 30.7 Å². The molecule has 1 saturated carbocycles. The molecule has 0 bridgehead atoms. The maximum Gasteiger partial charge on any atom is 0.246 e. The van der Waals surface area contributed by atoms with Gasteiger partial charge in [-0.05, 0) is 43.5 Å². The second-order valence-electron chi connectivity index (χ2n) is 6.43. The van der Waals surface area contributed by atoms with Crippen molar-refractivity contribution in [2.45, 2.75) is 31.2 Å². The largest absolute Gasteiger partial charge is 0.338 e. The number of halogens is 1. The number of carbonyl (C=O) groups is 2. The van der Waals surface area contributed by atoms with E-state index in [2.05, 4.69) is 6.58 Å². The average Bonchev–Trinajstić information content (AvgIpc) is 3.35. The number of piperazine rings is 1. The number of rotatable bonds is 3. The zero-order valence-corrected chi connectivity index (χ0v) is 14.1. The molecular formula is C18H21ClN2O2. The summed E-state index contributed by atoms with van der Waals surface area (Å²) in [6, 6.07) is 7.61. The van der Waals surface area contributed by atoms with E-state index in [9.17, 15) is 9.59 Å². The summed E-state index contributed by atoms with van der Waals surface area (Å²) < 4.78 is 0. The molecule has 3 rings (SSSR count). The summed E-state index contributed by atoms with van der Waals surface area (Å²) in [5.74, 6) is 0.0953.